The molecule has 0 aromatic rings. The molecule has 0 spiro atoms. The van der Waals surface area contributed by atoms with Crippen molar-refractivity contribution < 1.29 is 28.6 Å². The van der Waals surface area contributed by atoms with Gasteiger partial charge in [-0.2, -0.15) is 0 Å². The largest absolute Gasteiger partial charge is 0.467 e. The molecule has 0 bridgehead atoms. The van der Waals surface area contributed by atoms with Gasteiger partial charge in [0.25, 0.3) is 0 Å². The second kappa shape index (κ2) is 9.34. The van der Waals surface area contributed by atoms with Crippen LogP contribution in [-0.4, -0.2) is 49.1 Å². The van der Waals surface area contributed by atoms with Gasteiger partial charge < -0.3 is 24.8 Å². The van der Waals surface area contributed by atoms with Gasteiger partial charge in [0.2, 0.25) is 0 Å². The molecule has 0 rings (SSSR count). The van der Waals surface area contributed by atoms with Crippen LogP contribution in [0.15, 0.2) is 0 Å². The molecule has 8 nitrogen and oxygen atoms in total. The number of hydrogen-bond donors (Lipinski definition) is 2. The van der Waals surface area contributed by atoms with Crippen molar-refractivity contribution in [1.29, 1.82) is 0 Å². The quantitative estimate of drug-likeness (QED) is 0.435. The lowest BCUT2D eigenvalue weighted by molar-refractivity contribution is -0.143. The van der Waals surface area contributed by atoms with E-state index in [0.29, 0.717) is 19.4 Å². The van der Waals surface area contributed by atoms with E-state index in [1.165, 1.54) is 7.11 Å². The number of carbonyl (C=O) groups excluding carboxylic acids is 3. The molecule has 0 fully saturated rings. The number of carbonyl (C=O) groups is 3. The molecule has 140 valence electrons. The van der Waals surface area contributed by atoms with E-state index >= 15 is 0 Å². The van der Waals surface area contributed by atoms with Crippen molar-refractivity contribution in [3.8, 4) is 0 Å². The first-order chi connectivity index (χ1) is 10.8. The fraction of sp³-hybridized carbons (Fsp3) is 0.812. The Balaban J connectivity index is 4.33. The molecule has 0 aromatic carbocycles. The van der Waals surface area contributed by atoms with E-state index in [4.69, 9.17) is 9.47 Å². The fourth-order valence-electron chi connectivity index (χ4n) is 1.65. The number of hydrogen-bond acceptors (Lipinski definition) is 6. The number of nitrogens with one attached hydrogen (secondary N) is 2. The number of amides is 2. The molecule has 0 aliphatic heterocycles. The Morgan fingerprint density at radius 1 is 0.917 bits per heavy atom. The van der Waals surface area contributed by atoms with Gasteiger partial charge in [-0.25, -0.2) is 14.4 Å². The minimum absolute atomic E-state index is 0.293. The lowest BCUT2D eigenvalue weighted by Gasteiger charge is -2.23. The van der Waals surface area contributed by atoms with Crippen molar-refractivity contribution in [2.24, 2.45) is 0 Å². The average Bonchev–Trinajstić information content (AvgIpc) is 2.37. The standard InChI is InChI=1S/C16H30N2O6/c1-15(2,3)23-13(20)17-10-8-9-11(12(19)22-7)18-14(21)24-16(4,5)6/h11H,8-10H2,1-7H3,(H,17,20)(H,18,21)/t11-/m0/s1. The van der Waals surface area contributed by atoms with Crippen LogP contribution >= 0.6 is 0 Å². The molecule has 0 aliphatic rings. The van der Waals surface area contributed by atoms with Crippen LogP contribution in [0.1, 0.15) is 54.4 Å². The van der Waals surface area contributed by atoms with Gasteiger partial charge in [-0.1, -0.05) is 0 Å². The highest BCUT2D eigenvalue weighted by atomic mass is 16.6. The number of methoxy groups -OCH3 is 1. The van der Waals surface area contributed by atoms with Crippen LogP contribution in [0.25, 0.3) is 0 Å². The molecule has 0 heterocycles. The summed E-state index contributed by atoms with van der Waals surface area (Å²) in [5.74, 6) is -0.571. The van der Waals surface area contributed by atoms with Crippen LogP contribution in [0.5, 0.6) is 0 Å². The summed E-state index contributed by atoms with van der Waals surface area (Å²) in [4.78, 5) is 35.0. The molecule has 2 amide bonds. The van der Waals surface area contributed by atoms with Crippen LogP contribution in [0.2, 0.25) is 0 Å². The third kappa shape index (κ3) is 11.6. The Morgan fingerprint density at radius 2 is 1.42 bits per heavy atom. The number of esters is 1. The molecule has 0 saturated carbocycles. The van der Waals surface area contributed by atoms with Gasteiger partial charge in [0, 0.05) is 6.54 Å². The number of ether oxygens (including phenoxy) is 3. The zero-order chi connectivity index (χ0) is 19.0. The maximum absolute atomic E-state index is 11.8. The molecule has 1 atom stereocenters. The lowest BCUT2D eigenvalue weighted by atomic mass is 10.1. The van der Waals surface area contributed by atoms with Crippen LogP contribution < -0.4 is 10.6 Å². The third-order valence-electron chi connectivity index (χ3n) is 2.51. The van der Waals surface area contributed by atoms with Gasteiger partial charge >= 0.3 is 18.2 Å². The summed E-state index contributed by atoms with van der Waals surface area (Å²) in [6.45, 7) is 10.8. The molecule has 0 aromatic heterocycles. The van der Waals surface area contributed by atoms with Crippen molar-refractivity contribution in [2.75, 3.05) is 13.7 Å². The first kappa shape index (κ1) is 22.0. The van der Waals surface area contributed by atoms with Crippen LogP contribution in [0.3, 0.4) is 0 Å². The lowest BCUT2D eigenvalue weighted by Crippen LogP contribution is -2.44. The van der Waals surface area contributed by atoms with E-state index in [2.05, 4.69) is 15.4 Å². The SMILES string of the molecule is COC(=O)[C@H](CCCNC(=O)OC(C)(C)C)NC(=O)OC(C)(C)C. The maximum atomic E-state index is 11.8. The van der Waals surface area contributed by atoms with E-state index in [-0.39, 0.29) is 0 Å². The Hall–Kier alpha value is -1.99. The van der Waals surface area contributed by atoms with Crippen molar-refractivity contribution in [3.05, 3.63) is 0 Å². The van der Waals surface area contributed by atoms with E-state index < -0.39 is 35.4 Å². The molecule has 0 saturated heterocycles. The summed E-state index contributed by atoms with van der Waals surface area (Å²) in [5, 5.41) is 5.06. The Labute approximate surface area is 143 Å². The van der Waals surface area contributed by atoms with Gasteiger partial charge in [0.05, 0.1) is 7.11 Å². The normalized spacial score (nSPS) is 12.8. The zero-order valence-electron chi connectivity index (χ0n) is 15.6. The summed E-state index contributed by atoms with van der Waals surface area (Å²) in [6, 6.07) is -0.842. The van der Waals surface area contributed by atoms with Gasteiger partial charge in [-0.05, 0) is 54.4 Å². The van der Waals surface area contributed by atoms with Crippen LogP contribution in [0, 0.1) is 0 Å². The van der Waals surface area contributed by atoms with Crippen LogP contribution in [0.4, 0.5) is 9.59 Å². The summed E-state index contributed by atoms with van der Waals surface area (Å²) in [5.41, 5.74) is -1.24. The highest BCUT2D eigenvalue weighted by Crippen LogP contribution is 2.09. The molecular formula is C16H30N2O6. The summed E-state index contributed by atoms with van der Waals surface area (Å²) in [7, 11) is 1.24. The Bertz CT molecular complexity index is 437. The predicted molar refractivity (Wildman–Crippen MR) is 88.6 cm³/mol. The smallest absolute Gasteiger partial charge is 0.408 e. The summed E-state index contributed by atoms with van der Waals surface area (Å²) >= 11 is 0. The second-order valence-electron chi connectivity index (χ2n) is 7.29. The molecular weight excluding hydrogens is 316 g/mol. The number of rotatable bonds is 6. The van der Waals surface area contributed by atoms with Crippen molar-refractivity contribution in [2.45, 2.75) is 71.6 Å². The Kier molecular flexibility index (Phi) is 8.57. The van der Waals surface area contributed by atoms with E-state index in [1.807, 2.05) is 0 Å². The van der Waals surface area contributed by atoms with Crippen molar-refractivity contribution in [1.82, 2.24) is 10.6 Å². The Morgan fingerprint density at radius 3 is 1.88 bits per heavy atom. The minimum Gasteiger partial charge on any atom is -0.467 e. The van der Waals surface area contributed by atoms with Crippen LogP contribution in [-0.2, 0) is 19.0 Å². The topological polar surface area (TPSA) is 103 Å². The first-order valence-corrected chi connectivity index (χ1v) is 7.88. The summed E-state index contributed by atoms with van der Waals surface area (Å²) < 4.78 is 14.9. The molecule has 24 heavy (non-hydrogen) atoms. The van der Waals surface area contributed by atoms with Gasteiger partial charge in [0.1, 0.15) is 17.2 Å². The third-order valence-corrected chi connectivity index (χ3v) is 2.51. The highest BCUT2D eigenvalue weighted by Gasteiger charge is 2.24. The highest BCUT2D eigenvalue weighted by molar-refractivity contribution is 5.81. The van der Waals surface area contributed by atoms with Crippen molar-refractivity contribution >= 4 is 18.2 Å². The van der Waals surface area contributed by atoms with E-state index in [9.17, 15) is 14.4 Å². The van der Waals surface area contributed by atoms with Crippen molar-refractivity contribution in [3.63, 3.8) is 0 Å². The molecule has 0 aliphatic carbocycles. The predicted octanol–water partition coefficient (Wildman–Crippen LogP) is 2.36. The van der Waals surface area contributed by atoms with Gasteiger partial charge in [-0.15, -0.1) is 0 Å². The molecule has 0 radical (unpaired) electrons. The molecule has 0 unspecified atom stereocenters. The van der Waals surface area contributed by atoms with E-state index in [1.54, 1.807) is 41.5 Å². The monoisotopic (exact) mass is 346 g/mol. The molecule has 2 N–H and O–H groups in total. The van der Waals surface area contributed by atoms with Gasteiger partial charge in [0.15, 0.2) is 0 Å². The minimum atomic E-state index is -0.842. The van der Waals surface area contributed by atoms with Gasteiger partial charge in [-0.3, -0.25) is 0 Å². The maximum Gasteiger partial charge on any atom is 0.408 e. The number of alkyl carbamates (subject to hydrolysis) is 2. The second-order valence-corrected chi connectivity index (χ2v) is 7.29. The summed E-state index contributed by atoms with van der Waals surface area (Å²) in [6.07, 6.45) is -0.480. The first-order valence-electron chi connectivity index (χ1n) is 7.88. The average molecular weight is 346 g/mol. The van der Waals surface area contributed by atoms with E-state index in [0.717, 1.165) is 0 Å². The molecule has 8 heteroatoms. The fourth-order valence-corrected chi connectivity index (χ4v) is 1.65. The zero-order valence-corrected chi connectivity index (χ0v) is 15.6.